The van der Waals surface area contributed by atoms with E-state index >= 15 is 0 Å². The SMILES string of the molecule is CC(CC#N)C1C=C(OCC#N)C=CC1. The summed E-state index contributed by atoms with van der Waals surface area (Å²) in [6.07, 6.45) is 7.43. The Bertz CT molecular complexity index is 344. The van der Waals surface area contributed by atoms with Gasteiger partial charge in [-0.1, -0.05) is 13.0 Å². The molecular weight excluding hydrogens is 188 g/mol. The van der Waals surface area contributed by atoms with Gasteiger partial charge in [0.05, 0.1) is 6.07 Å². The zero-order chi connectivity index (χ0) is 11.1. The van der Waals surface area contributed by atoms with Crippen molar-refractivity contribution in [1.82, 2.24) is 0 Å². The second-order valence-corrected chi connectivity index (χ2v) is 3.66. The first-order chi connectivity index (χ1) is 7.27. The molecule has 1 aliphatic carbocycles. The second kappa shape index (κ2) is 5.88. The highest BCUT2D eigenvalue weighted by Gasteiger charge is 2.17. The van der Waals surface area contributed by atoms with Crippen molar-refractivity contribution in [2.45, 2.75) is 19.8 Å². The molecule has 3 nitrogen and oxygen atoms in total. The van der Waals surface area contributed by atoms with Crippen LogP contribution in [0.25, 0.3) is 0 Å². The summed E-state index contributed by atoms with van der Waals surface area (Å²) in [4.78, 5) is 0. The van der Waals surface area contributed by atoms with Gasteiger partial charge in [0.25, 0.3) is 0 Å². The van der Waals surface area contributed by atoms with Gasteiger partial charge in [0.2, 0.25) is 0 Å². The van der Waals surface area contributed by atoms with Gasteiger partial charge in [-0.15, -0.1) is 0 Å². The van der Waals surface area contributed by atoms with Crippen LogP contribution in [-0.2, 0) is 4.74 Å². The van der Waals surface area contributed by atoms with Crippen molar-refractivity contribution in [3.8, 4) is 12.1 Å². The summed E-state index contributed by atoms with van der Waals surface area (Å²) in [6, 6.07) is 4.11. The van der Waals surface area contributed by atoms with Crippen LogP contribution in [0.2, 0.25) is 0 Å². The van der Waals surface area contributed by atoms with E-state index in [1.807, 2.05) is 24.3 Å². The Kier molecular flexibility index (Phi) is 4.44. The molecule has 0 saturated carbocycles. The number of rotatable bonds is 4. The summed E-state index contributed by atoms with van der Waals surface area (Å²) in [6.45, 7) is 2.14. The Labute approximate surface area is 90.3 Å². The number of ether oxygens (including phenoxy) is 1. The van der Waals surface area contributed by atoms with E-state index in [-0.39, 0.29) is 6.61 Å². The molecule has 0 aromatic carbocycles. The molecule has 1 rings (SSSR count). The maximum absolute atomic E-state index is 8.61. The summed E-state index contributed by atoms with van der Waals surface area (Å²) in [5.41, 5.74) is 0. The molecule has 0 fully saturated rings. The van der Waals surface area contributed by atoms with Gasteiger partial charge in [-0.2, -0.15) is 10.5 Å². The minimum absolute atomic E-state index is 0.0789. The molecule has 1 aliphatic rings. The fourth-order valence-electron chi connectivity index (χ4n) is 1.58. The van der Waals surface area contributed by atoms with Crippen molar-refractivity contribution in [3.05, 3.63) is 24.0 Å². The predicted molar refractivity (Wildman–Crippen MR) is 56.3 cm³/mol. The fourth-order valence-corrected chi connectivity index (χ4v) is 1.58. The highest BCUT2D eigenvalue weighted by atomic mass is 16.5. The minimum Gasteiger partial charge on any atom is -0.479 e. The average Bonchev–Trinajstić information content (AvgIpc) is 2.27. The fraction of sp³-hybridized carbons (Fsp3) is 0.500. The molecule has 0 radical (unpaired) electrons. The van der Waals surface area contributed by atoms with Crippen molar-refractivity contribution in [2.24, 2.45) is 11.8 Å². The third-order valence-corrected chi connectivity index (χ3v) is 2.52. The Morgan fingerprint density at radius 1 is 1.53 bits per heavy atom. The Morgan fingerprint density at radius 2 is 2.33 bits per heavy atom. The molecule has 0 bridgehead atoms. The van der Waals surface area contributed by atoms with Gasteiger partial charge in [-0.3, -0.25) is 0 Å². The standard InChI is InChI=1S/C12H14N2O/c1-10(5-6-13)11-3-2-4-12(9-11)15-8-7-14/h2,4,9-11H,3,5,8H2,1H3. The maximum Gasteiger partial charge on any atom is 0.174 e. The first kappa shape index (κ1) is 11.3. The monoisotopic (exact) mass is 202 g/mol. The predicted octanol–water partition coefficient (Wildman–Crippen LogP) is 2.54. The maximum atomic E-state index is 8.61. The van der Waals surface area contributed by atoms with Gasteiger partial charge in [-0.25, -0.2) is 0 Å². The van der Waals surface area contributed by atoms with Gasteiger partial charge >= 0.3 is 0 Å². The molecule has 0 spiro atoms. The number of nitriles is 2. The van der Waals surface area contributed by atoms with E-state index in [0.29, 0.717) is 18.3 Å². The van der Waals surface area contributed by atoms with Crippen LogP contribution in [0.3, 0.4) is 0 Å². The van der Waals surface area contributed by atoms with E-state index in [0.717, 1.165) is 12.2 Å². The van der Waals surface area contributed by atoms with Crippen molar-refractivity contribution < 1.29 is 4.74 Å². The van der Waals surface area contributed by atoms with Gasteiger partial charge in [0, 0.05) is 6.42 Å². The Balaban J connectivity index is 2.56. The van der Waals surface area contributed by atoms with E-state index in [4.69, 9.17) is 15.3 Å². The zero-order valence-corrected chi connectivity index (χ0v) is 8.81. The number of nitrogens with zero attached hydrogens (tertiary/aromatic N) is 2. The summed E-state index contributed by atoms with van der Waals surface area (Å²) in [7, 11) is 0. The third kappa shape index (κ3) is 3.48. The van der Waals surface area contributed by atoms with E-state index in [1.54, 1.807) is 0 Å². The lowest BCUT2D eigenvalue weighted by Gasteiger charge is -2.20. The molecule has 2 unspecified atom stereocenters. The van der Waals surface area contributed by atoms with Crippen LogP contribution in [0.5, 0.6) is 0 Å². The van der Waals surface area contributed by atoms with E-state index in [2.05, 4.69) is 13.0 Å². The molecule has 2 atom stereocenters. The lowest BCUT2D eigenvalue weighted by molar-refractivity contribution is 0.256. The molecule has 0 amide bonds. The highest BCUT2D eigenvalue weighted by Crippen LogP contribution is 2.26. The third-order valence-electron chi connectivity index (χ3n) is 2.52. The van der Waals surface area contributed by atoms with Crippen LogP contribution in [0.15, 0.2) is 24.0 Å². The largest absolute Gasteiger partial charge is 0.479 e. The first-order valence-electron chi connectivity index (χ1n) is 5.03. The smallest absolute Gasteiger partial charge is 0.174 e. The molecule has 0 N–H and O–H groups in total. The minimum atomic E-state index is 0.0789. The summed E-state index contributed by atoms with van der Waals surface area (Å²) >= 11 is 0. The number of hydrogen-bond acceptors (Lipinski definition) is 3. The quantitative estimate of drug-likeness (QED) is 0.703. The van der Waals surface area contributed by atoms with Crippen molar-refractivity contribution in [1.29, 1.82) is 10.5 Å². The summed E-state index contributed by atoms with van der Waals surface area (Å²) in [5, 5.41) is 17.0. The van der Waals surface area contributed by atoms with Crippen LogP contribution in [0.1, 0.15) is 19.8 Å². The molecule has 0 saturated heterocycles. The second-order valence-electron chi connectivity index (χ2n) is 3.66. The lowest BCUT2D eigenvalue weighted by Crippen LogP contribution is -2.11. The molecule has 3 heteroatoms. The molecule has 0 aliphatic heterocycles. The van der Waals surface area contributed by atoms with Crippen LogP contribution in [0.4, 0.5) is 0 Å². The molecule has 0 aromatic rings. The van der Waals surface area contributed by atoms with Crippen LogP contribution < -0.4 is 0 Å². The van der Waals surface area contributed by atoms with Crippen molar-refractivity contribution in [3.63, 3.8) is 0 Å². The first-order valence-corrected chi connectivity index (χ1v) is 5.03. The summed E-state index contributed by atoms with van der Waals surface area (Å²) < 4.78 is 5.22. The van der Waals surface area contributed by atoms with Crippen LogP contribution in [0, 0.1) is 34.5 Å². The topological polar surface area (TPSA) is 56.8 Å². The molecule has 15 heavy (non-hydrogen) atoms. The lowest BCUT2D eigenvalue weighted by atomic mass is 9.86. The van der Waals surface area contributed by atoms with Gasteiger partial charge in [-0.05, 0) is 30.4 Å². The molecule has 0 heterocycles. The van der Waals surface area contributed by atoms with Gasteiger partial charge < -0.3 is 4.74 Å². The van der Waals surface area contributed by atoms with Gasteiger partial charge in [0.1, 0.15) is 11.8 Å². The number of hydrogen-bond donors (Lipinski definition) is 0. The Morgan fingerprint density at radius 3 is 3.00 bits per heavy atom. The average molecular weight is 202 g/mol. The van der Waals surface area contributed by atoms with E-state index < -0.39 is 0 Å². The summed E-state index contributed by atoms with van der Waals surface area (Å²) in [5.74, 6) is 1.43. The van der Waals surface area contributed by atoms with E-state index in [9.17, 15) is 0 Å². The molecular formula is C12H14N2O. The van der Waals surface area contributed by atoms with Crippen molar-refractivity contribution >= 4 is 0 Å². The van der Waals surface area contributed by atoms with E-state index in [1.165, 1.54) is 0 Å². The highest BCUT2D eigenvalue weighted by molar-refractivity contribution is 5.19. The normalized spacial score (nSPS) is 21.0. The van der Waals surface area contributed by atoms with Crippen LogP contribution >= 0.6 is 0 Å². The zero-order valence-electron chi connectivity index (χ0n) is 8.81. The van der Waals surface area contributed by atoms with Crippen LogP contribution in [-0.4, -0.2) is 6.61 Å². The van der Waals surface area contributed by atoms with Gasteiger partial charge in [0.15, 0.2) is 6.61 Å². The molecule has 0 aromatic heterocycles. The molecule has 78 valence electrons. The number of allylic oxidation sites excluding steroid dienone is 3. The van der Waals surface area contributed by atoms with Crippen molar-refractivity contribution in [2.75, 3.05) is 6.61 Å². The Hall–Kier alpha value is -1.74.